The summed E-state index contributed by atoms with van der Waals surface area (Å²) in [6, 6.07) is 0.0324. The predicted octanol–water partition coefficient (Wildman–Crippen LogP) is 0.892. The average molecular weight is 225 g/mol. The molecule has 4 heteroatoms. The van der Waals surface area contributed by atoms with Gasteiger partial charge in [0.2, 0.25) is 0 Å². The first kappa shape index (κ1) is 11.9. The van der Waals surface area contributed by atoms with Crippen molar-refractivity contribution in [2.75, 3.05) is 19.6 Å². The molecule has 2 fully saturated rings. The van der Waals surface area contributed by atoms with Crippen molar-refractivity contribution in [1.29, 1.82) is 0 Å². The van der Waals surface area contributed by atoms with Gasteiger partial charge in [-0.25, -0.2) is 5.01 Å². The first-order chi connectivity index (χ1) is 7.57. The molecule has 0 aromatic heterocycles. The van der Waals surface area contributed by atoms with Crippen molar-refractivity contribution in [3.63, 3.8) is 0 Å². The van der Waals surface area contributed by atoms with Crippen LogP contribution < -0.4 is 10.7 Å². The summed E-state index contributed by atoms with van der Waals surface area (Å²) in [7, 11) is 0. The number of hydrogen-bond donors (Lipinski definition) is 2. The fourth-order valence-corrected chi connectivity index (χ4v) is 2.66. The lowest BCUT2D eigenvalue weighted by molar-refractivity contribution is -0.129. The van der Waals surface area contributed by atoms with E-state index in [1.807, 2.05) is 0 Å². The summed E-state index contributed by atoms with van der Waals surface area (Å²) < 4.78 is 0. The van der Waals surface area contributed by atoms with Gasteiger partial charge in [-0.15, -0.1) is 0 Å². The third-order valence-corrected chi connectivity index (χ3v) is 3.55. The van der Waals surface area contributed by atoms with Gasteiger partial charge in [-0.2, -0.15) is 0 Å². The van der Waals surface area contributed by atoms with E-state index >= 15 is 0 Å². The summed E-state index contributed by atoms with van der Waals surface area (Å²) in [6.45, 7) is 7.45. The molecular formula is C12H23N3O. The SMILES string of the molecule is CC1(C)CCCN(NC(=O)[C@@H]2CCCN2)C1. The van der Waals surface area contributed by atoms with Crippen LogP contribution in [0, 0.1) is 5.41 Å². The molecule has 0 unspecified atom stereocenters. The van der Waals surface area contributed by atoms with Crippen molar-refractivity contribution in [3.05, 3.63) is 0 Å². The molecule has 0 aromatic carbocycles. The van der Waals surface area contributed by atoms with Gasteiger partial charge in [0, 0.05) is 13.1 Å². The maximum atomic E-state index is 11.9. The number of rotatable bonds is 2. The number of piperidine rings is 1. The van der Waals surface area contributed by atoms with E-state index in [1.165, 1.54) is 12.8 Å². The van der Waals surface area contributed by atoms with Crippen LogP contribution in [0.4, 0.5) is 0 Å². The van der Waals surface area contributed by atoms with Crippen LogP contribution in [0.3, 0.4) is 0 Å². The van der Waals surface area contributed by atoms with E-state index in [-0.39, 0.29) is 11.9 Å². The van der Waals surface area contributed by atoms with Gasteiger partial charge >= 0.3 is 0 Å². The van der Waals surface area contributed by atoms with Gasteiger partial charge in [-0.05, 0) is 37.6 Å². The van der Waals surface area contributed by atoms with Gasteiger partial charge < -0.3 is 5.32 Å². The summed E-state index contributed by atoms with van der Waals surface area (Å²) in [5, 5.41) is 5.32. The highest BCUT2D eigenvalue weighted by molar-refractivity contribution is 5.81. The molecular weight excluding hydrogens is 202 g/mol. The summed E-state index contributed by atoms with van der Waals surface area (Å²) >= 11 is 0. The topological polar surface area (TPSA) is 44.4 Å². The minimum absolute atomic E-state index is 0.0324. The van der Waals surface area contributed by atoms with Crippen molar-refractivity contribution < 1.29 is 4.79 Å². The number of hydrazine groups is 1. The van der Waals surface area contributed by atoms with Crippen LogP contribution in [0.5, 0.6) is 0 Å². The highest BCUT2D eigenvalue weighted by atomic mass is 16.2. The molecule has 2 aliphatic rings. The van der Waals surface area contributed by atoms with Crippen LogP contribution in [-0.2, 0) is 4.79 Å². The second kappa shape index (κ2) is 4.72. The Hall–Kier alpha value is -0.610. The van der Waals surface area contributed by atoms with Gasteiger partial charge in [0.1, 0.15) is 0 Å². The molecule has 0 saturated carbocycles. The molecule has 2 saturated heterocycles. The number of amides is 1. The van der Waals surface area contributed by atoms with Crippen molar-refractivity contribution in [1.82, 2.24) is 15.8 Å². The Labute approximate surface area is 97.7 Å². The Balaban J connectivity index is 1.82. The number of nitrogens with one attached hydrogen (secondary N) is 2. The minimum Gasteiger partial charge on any atom is -0.306 e. The quantitative estimate of drug-likeness (QED) is 0.733. The highest BCUT2D eigenvalue weighted by Crippen LogP contribution is 2.27. The van der Waals surface area contributed by atoms with E-state index in [0.717, 1.165) is 32.5 Å². The minimum atomic E-state index is 0.0324. The van der Waals surface area contributed by atoms with Crippen LogP contribution in [0.15, 0.2) is 0 Å². The average Bonchev–Trinajstić information content (AvgIpc) is 2.68. The van der Waals surface area contributed by atoms with Crippen LogP contribution in [0.1, 0.15) is 39.5 Å². The smallest absolute Gasteiger partial charge is 0.251 e. The molecule has 2 rings (SSSR count). The molecule has 92 valence electrons. The molecule has 16 heavy (non-hydrogen) atoms. The van der Waals surface area contributed by atoms with E-state index in [1.54, 1.807) is 0 Å². The third kappa shape index (κ3) is 2.95. The molecule has 0 bridgehead atoms. The van der Waals surface area contributed by atoms with Crippen molar-refractivity contribution >= 4 is 5.91 Å². The fraction of sp³-hybridized carbons (Fsp3) is 0.917. The zero-order chi connectivity index (χ0) is 11.6. The van der Waals surface area contributed by atoms with E-state index in [2.05, 4.69) is 29.6 Å². The van der Waals surface area contributed by atoms with Crippen LogP contribution in [0.25, 0.3) is 0 Å². The zero-order valence-corrected chi connectivity index (χ0v) is 10.4. The summed E-state index contributed by atoms with van der Waals surface area (Å²) in [6.07, 6.45) is 4.51. The summed E-state index contributed by atoms with van der Waals surface area (Å²) in [4.78, 5) is 11.9. The number of carbonyl (C=O) groups is 1. The summed E-state index contributed by atoms with van der Waals surface area (Å²) in [5.74, 6) is 0.148. The van der Waals surface area contributed by atoms with Gasteiger partial charge in [0.25, 0.3) is 5.91 Å². The molecule has 2 heterocycles. The van der Waals surface area contributed by atoms with Crippen molar-refractivity contribution in [3.8, 4) is 0 Å². The predicted molar refractivity (Wildman–Crippen MR) is 63.8 cm³/mol. The molecule has 0 radical (unpaired) electrons. The highest BCUT2D eigenvalue weighted by Gasteiger charge is 2.29. The molecule has 0 aliphatic carbocycles. The van der Waals surface area contributed by atoms with E-state index in [0.29, 0.717) is 5.41 Å². The standard InChI is InChI=1S/C12H23N3O/c1-12(2)6-4-8-15(9-12)14-11(16)10-5-3-7-13-10/h10,13H,3-9H2,1-2H3,(H,14,16)/t10-/m0/s1. The van der Waals surface area contributed by atoms with Crippen LogP contribution in [0.2, 0.25) is 0 Å². The largest absolute Gasteiger partial charge is 0.306 e. The second-order valence-corrected chi connectivity index (χ2v) is 5.81. The Kier molecular flexibility index (Phi) is 3.50. The molecule has 0 aromatic rings. The van der Waals surface area contributed by atoms with E-state index in [4.69, 9.17) is 0 Å². The molecule has 2 N–H and O–H groups in total. The fourth-order valence-electron chi connectivity index (χ4n) is 2.66. The Morgan fingerprint density at radius 1 is 1.44 bits per heavy atom. The maximum Gasteiger partial charge on any atom is 0.251 e. The van der Waals surface area contributed by atoms with Gasteiger partial charge in [-0.1, -0.05) is 13.8 Å². The van der Waals surface area contributed by atoms with E-state index < -0.39 is 0 Å². The van der Waals surface area contributed by atoms with Crippen molar-refractivity contribution in [2.45, 2.75) is 45.6 Å². The normalized spacial score (nSPS) is 30.2. The molecule has 1 atom stereocenters. The number of carbonyl (C=O) groups excluding carboxylic acids is 1. The van der Waals surface area contributed by atoms with Gasteiger partial charge in [0.05, 0.1) is 6.04 Å². The lowest BCUT2D eigenvalue weighted by Gasteiger charge is -2.38. The molecule has 4 nitrogen and oxygen atoms in total. The monoisotopic (exact) mass is 225 g/mol. The number of hydrogen-bond acceptors (Lipinski definition) is 3. The Morgan fingerprint density at radius 2 is 2.25 bits per heavy atom. The number of nitrogens with zero attached hydrogens (tertiary/aromatic N) is 1. The molecule has 0 spiro atoms. The van der Waals surface area contributed by atoms with Crippen molar-refractivity contribution in [2.24, 2.45) is 5.41 Å². The van der Waals surface area contributed by atoms with E-state index in [9.17, 15) is 4.79 Å². The second-order valence-electron chi connectivity index (χ2n) is 5.81. The van der Waals surface area contributed by atoms with Crippen LogP contribution >= 0.6 is 0 Å². The lowest BCUT2D eigenvalue weighted by Crippen LogP contribution is -2.54. The first-order valence-electron chi connectivity index (χ1n) is 6.36. The maximum absolute atomic E-state index is 11.9. The lowest BCUT2D eigenvalue weighted by atomic mass is 9.85. The third-order valence-electron chi connectivity index (χ3n) is 3.55. The zero-order valence-electron chi connectivity index (χ0n) is 10.4. The van der Waals surface area contributed by atoms with Crippen LogP contribution in [-0.4, -0.2) is 36.6 Å². The van der Waals surface area contributed by atoms with Gasteiger partial charge in [0.15, 0.2) is 0 Å². The molecule has 2 aliphatic heterocycles. The first-order valence-corrected chi connectivity index (χ1v) is 6.36. The molecule has 1 amide bonds. The van der Waals surface area contributed by atoms with Gasteiger partial charge in [-0.3, -0.25) is 10.2 Å². The Morgan fingerprint density at radius 3 is 2.88 bits per heavy atom. The Bertz CT molecular complexity index is 259. The summed E-state index contributed by atoms with van der Waals surface area (Å²) in [5.41, 5.74) is 3.38.